The lowest BCUT2D eigenvalue weighted by Gasteiger charge is -2.02. The zero-order valence-electron chi connectivity index (χ0n) is 12.2. The highest BCUT2D eigenvalue weighted by molar-refractivity contribution is 7.15. The minimum atomic E-state index is 0.790. The summed E-state index contributed by atoms with van der Waals surface area (Å²) in [5.74, 6) is 0. The van der Waals surface area contributed by atoms with Gasteiger partial charge in [-0.05, 0) is 48.9 Å². The Morgan fingerprint density at radius 1 is 1.10 bits per heavy atom. The molecule has 1 heterocycles. The Bertz CT molecular complexity index is 537. The van der Waals surface area contributed by atoms with Crippen LogP contribution in [0, 0.1) is 0 Å². The molecule has 0 unspecified atom stereocenters. The monoisotopic (exact) mass is 285 g/mol. The zero-order valence-corrected chi connectivity index (χ0v) is 13.0. The van der Waals surface area contributed by atoms with Crippen molar-refractivity contribution in [1.29, 1.82) is 0 Å². The lowest BCUT2D eigenvalue weighted by Crippen LogP contribution is -2.14. The predicted molar refractivity (Wildman–Crippen MR) is 88.2 cm³/mol. The number of benzene rings is 1. The number of rotatable bonds is 7. The Morgan fingerprint density at radius 3 is 2.60 bits per heavy atom. The molecule has 3 rings (SSSR count). The Labute approximate surface area is 126 Å². The van der Waals surface area contributed by atoms with Crippen LogP contribution in [0.4, 0.5) is 0 Å². The number of thiophene rings is 1. The average molecular weight is 285 g/mol. The van der Waals surface area contributed by atoms with Crippen LogP contribution in [0.5, 0.6) is 0 Å². The maximum atomic E-state index is 3.58. The van der Waals surface area contributed by atoms with Crippen LogP contribution in [0.15, 0.2) is 36.4 Å². The Kier molecular flexibility index (Phi) is 4.54. The van der Waals surface area contributed by atoms with Gasteiger partial charge in [-0.15, -0.1) is 11.3 Å². The van der Waals surface area contributed by atoms with E-state index in [1.165, 1.54) is 53.0 Å². The third kappa shape index (κ3) is 3.71. The van der Waals surface area contributed by atoms with Crippen molar-refractivity contribution in [3.05, 3.63) is 46.8 Å². The van der Waals surface area contributed by atoms with Gasteiger partial charge in [0.15, 0.2) is 0 Å². The smallest absolute Gasteiger partial charge is 0.0346 e. The van der Waals surface area contributed by atoms with Gasteiger partial charge in [-0.2, -0.15) is 0 Å². The number of aryl methyl sites for hydroxylation is 1. The summed E-state index contributed by atoms with van der Waals surface area (Å²) in [4.78, 5) is 2.83. The Morgan fingerprint density at radius 2 is 1.90 bits per heavy atom. The van der Waals surface area contributed by atoms with E-state index in [9.17, 15) is 0 Å². The van der Waals surface area contributed by atoms with Gasteiger partial charge in [-0.1, -0.05) is 37.6 Å². The second kappa shape index (κ2) is 6.55. The normalized spacial score (nSPS) is 14.7. The zero-order chi connectivity index (χ0) is 13.8. The molecule has 1 N–H and O–H groups in total. The third-order valence-corrected chi connectivity index (χ3v) is 5.00. The summed E-state index contributed by atoms with van der Waals surface area (Å²) < 4.78 is 0. The van der Waals surface area contributed by atoms with Crippen molar-refractivity contribution in [2.45, 2.75) is 51.6 Å². The van der Waals surface area contributed by atoms with Gasteiger partial charge in [0, 0.05) is 22.3 Å². The second-order valence-electron chi connectivity index (χ2n) is 5.72. The van der Waals surface area contributed by atoms with Crippen molar-refractivity contribution in [3.63, 3.8) is 0 Å². The summed E-state index contributed by atoms with van der Waals surface area (Å²) >= 11 is 1.92. The maximum Gasteiger partial charge on any atom is 0.0346 e. The summed E-state index contributed by atoms with van der Waals surface area (Å²) in [6, 6.07) is 14.4. The number of nitrogens with one attached hydrogen (secondary N) is 1. The van der Waals surface area contributed by atoms with E-state index in [4.69, 9.17) is 0 Å². The molecule has 2 aromatic rings. The molecule has 0 radical (unpaired) electrons. The molecule has 0 amide bonds. The van der Waals surface area contributed by atoms with E-state index in [2.05, 4.69) is 48.6 Å². The van der Waals surface area contributed by atoms with Gasteiger partial charge in [-0.3, -0.25) is 0 Å². The van der Waals surface area contributed by atoms with E-state index < -0.39 is 0 Å². The minimum Gasteiger partial charge on any atom is -0.309 e. The molecule has 1 aliphatic rings. The van der Waals surface area contributed by atoms with E-state index in [1.807, 2.05) is 11.3 Å². The van der Waals surface area contributed by atoms with E-state index >= 15 is 0 Å². The van der Waals surface area contributed by atoms with Gasteiger partial charge >= 0.3 is 0 Å². The van der Waals surface area contributed by atoms with Crippen LogP contribution in [0.3, 0.4) is 0 Å². The summed E-state index contributed by atoms with van der Waals surface area (Å²) in [5, 5.41) is 3.58. The molecule has 1 fully saturated rings. The van der Waals surface area contributed by atoms with Gasteiger partial charge in [0.1, 0.15) is 0 Å². The molecule has 1 nitrogen and oxygen atoms in total. The van der Waals surface area contributed by atoms with Gasteiger partial charge in [-0.25, -0.2) is 0 Å². The second-order valence-corrected chi connectivity index (χ2v) is 6.89. The lowest BCUT2D eigenvalue weighted by molar-refractivity contribution is 0.695. The maximum absolute atomic E-state index is 3.58. The van der Waals surface area contributed by atoms with Gasteiger partial charge in [0.25, 0.3) is 0 Å². The fourth-order valence-corrected chi connectivity index (χ4v) is 3.34. The molecule has 0 atom stereocenters. The number of hydrogen-bond acceptors (Lipinski definition) is 2. The first-order valence-corrected chi connectivity index (χ1v) is 8.58. The van der Waals surface area contributed by atoms with Crippen LogP contribution in [-0.4, -0.2) is 6.04 Å². The van der Waals surface area contributed by atoms with Crippen molar-refractivity contribution < 1.29 is 0 Å². The number of hydrogen-bond donors (Lipinski definition) is 1. The Hall–Kier alpha value is -1.12. The Balaban J connectivity index is 1.62. The molecule has 1 saturated carbocycles. The van der Waals surface area contributed by atoms with Gasteiger partial charge in [0.05, 0.1) is 0 Å². The van der Waals surface area contributed by atoms with Crippen molar-refractivity contribution in [3.8, 4) is 10.4 Å². The molecule has 106 valence electrons. The van der Waals surface area contributed by atoms with Crippen molar-refractivity contribution in [2.24, 2.45) is 0 Å². The molecule has 1 aromatic heterocycles. The topological polar surface area (TPSA) is 12.0 Å². The molecule has 0 spiro atoms. The molecule has 0 bridgehead atoms. The molecular formula is C18H23NS. The third-order valence-electron chi connectivity index (χ3n) is 3.86. The largest absolute Gasteiger partial charge is 0.309 e. The molecule has 20 heavy (non-hydrogen) atoms. The fraction of sp³-hybridized carbons (Fsp3) is 0.444. The van der Waals surface area contributed by atoms with Crippen molar-refractivity contribution in [1.82, 2.24) is 5.32 Å². The lowest BCUT2D eigenvalue weighted by atomic mass is 10.1. The highest BCUT2D eigenvalue weighted by Gasteiger charge is 2.20. The summed E-state index contributed by atoms with van der Waals surface area (Å²) in [5.41, 5.74) is 2.82. The van der Waals surface area contributed by atoms with Crippen LogP contribution in [-0.2, 0) is 13.0 Å². The van der Waals surface area contributed by atoms with Crippen LogP contribution in [0.25, 0.3) is 10.4 Å². The summed E-state index contributed by atoms with van der Waals surface area (Å²) in [6.45, 7) is 3.28. The van der Waals surface area contributed by atoms with Gasteiger partial charge in [0.2, 0.25) is 0 Å². The SMILES string of the molecule is CCCCc1ccc(-c2ccc(CNC3CC3)s2)cc1. The molecular weight excluding hydrogens is 262 g/mol. The van der Waals surface area contributed by atoms with E-state index in [1.54, 1.807) is 0 Å². The first-order valence-electron chi connectivity index (χ1n) is 7.76. The fourth-order valence-electron chi connectivity index (χ4n) is 2.38. The predicted octanol–water partition coefficient (Wildman–Crippen LogP) is 5.01. The van der Waals surface area contributed by atoms with Crippen molar-refractivity contribution >= 4 is 11.3 Å². The molecule has 0 aliphatic heterocycles. The summed E-state index contributed by atoms with van der Waals surface area (Å²) in [6.07, 6.45) is 6.48. The van der Waals surface area contributed by atoms with Crippen molar-refractivity contribution in [2.75, 3.05) is 0 Å². The van der Waals surface area contributed by atoms with Crippen LogP contribution < -0.4 is 5.32 Å². The van der Waals surface area contributed by atoms with Crippen LogP contribution in [0.1, 0.15) is 43.0 Å². The quantitative estimate of drug-likeness (QED) is 0.754. The molecule has 0 saturated heterocycles. The first-order chi connectivity index (χ1) is 9.85. The van der Waals surface area contributed by atoms with Crippen LogP contribution >= 0.6 is 11.3 Å². The first kappa shape index (κ1) is 13.8. The van der Waals surface area contributed by atoms with E-state index in [0.717, 1.165) is 12.6 Å². The van der Waals surface area contributed by atoms with Crippen LogP contribution in [0.2, 0.25) is 0 Å². The average Bonchev–Trinajstić information content (AvgIpc) is 3.20. The molecule has 1 aliphatic carbocycles. The van der Waals surface area contributed by atoms with Gasteiger partial charge < -0.3 is 5.32 Å². The molecule has 2 heteroatoms. The minimum absolute atomic E-state index is 0.790. The highest BCUT2D eigenvalue weighted by Crippen LogP contribution is 2.29. The molecule has 1 aromatic carbocycles. The highest BCUT2D eigenvalue weighted by atomic mass is 32.1. The van der Waals surface area contributed by atoms with E-state index in [0.29, 0.717) is 0 Å². The number of unbranched alkanes of at least 4 members (excludes halogenated alkanes) is 1. The van der Waals surface area contributed by atoms with E-state index in [-0.39, 0.29) is 0 Å². The standard InChI is InChI=1S/C18H23NS/c1-2-3-4-14-5-7-15(8-6-14)18-12-11-17(20-18)13-19-16-9-10-16/h5-8,11-12,16,19H,2-4,9-10,13H2,1H3. The summed E-state index contributed by atoms with van der Waals surface area (Å²) in [7, 11) is 0.